The van der Waals surface area contributed by atoms with E-state index in [2.05, 4.69) is 10.6 Å². The van der Waals surface area contributed by atoms with E-state index in [1.807, 2.05) is 19.1 Å². The first-order valence-corrected chi connectivity index (χ1v) is 9.80. The summed E-state index contributed by atoms with van der Waals surface area (Å²) in [6, 6.07) is 9.03. The van der Waals surface area contributed by atoms with Crippen molar-refractivity contribution in [3.63, 3.8) is 0 Å². The average molecular weight is 402 g/mol. The summed E-state index contributed by atoms with van der Waals surface area (Å²) in [6.07, 6.45) is 1.58. The summed E-state index contributed by atoms with van der Waals surface area (Å²) in [5, 5.41) is 6.62. The SMILES string of the molecule is CCNc1ccc(NC(=O)COC)cc1N=C1SCC(=O)N1Cc1ccco1. The number of nitrogens with zero attached hydrogens (tertiary/aromatic N) is 2. The Kier molecular flexibility index (Phi) is 6.72. The molecule has 0 spiro atoms. The van der Waals surface area contributed by atoms with E-state index in [1.165, 1.54) is 18.9 Å². The van der Waals surface area contributed by atoms with Crippen LogP contribution in [-0.4, -0.2) is 47.9 Å². The maximum absolute atomic E-state index is 12.3. The van der Waals surface area contributed by atoms with E-state index >= 15 is 0 Å². The zero-order chi connectivity index (χ0) is 19.9. The quantitative estimate of drug-likeness (QED) is 0.705. The predicted molar refractivity (Wildman–Crippen MR) is 110 cm³/mol. The third kappa shape index (κ3) is 4.93. The monoisotopic (exact) mass is 402 g/mol. The number of anilines is 2. The molecule has 0 atom stereocenters. The highest BCUT2D eigenvalue weighted by atomic mass is 32.2. The molecule has 0 saturated carbocycles. The Morgan fingerprint density at radius 3 is 2.96 bits per heavy atom. The zero-order valence-corrected chi connectivity index (χ0v) is 16.5. The largest absolute Gasteiger partial charge is 0.467 e. The van der Waals surface area contributed by atoms with Crippen molar-refractivity contribution in [2.45, 2.75) is 13.5 Å². The number of carbonyl (C=O) groups is 2. The van der Waals surface area contributed by atoms with Crippen molar-refractivity contribution in [3.05, 3.63) is 42.4 Å². The second kappa shape index (κ2) is 9.43. The van der Waals surface area contributed by atoms with Gasteiger partial charge in [0.15, 0.2) is 5.17 Å². The number of thioether (sulfide) groups is 1. The third-order valence-corrected chi connectivity index (χ3v) is 4.85. The molecule has 8 nitrogen and oxygen atoms in total. The zero-order valence-electron chi connectivity index (χ0n) is 15.7. The van der Waals surface area contributed by atoms with Gasteiger partial charge in [0.25, 0.3) is 0 Å². The number of nitrogens with one attached hydrogen (secondary N) is 2. The van der Waals surface area contributed by atoms with Gasteiger partial charge in [0, 0.05) is 19.3 Å². The molecule has 1 fully saturated rings. The highest BCUT2D eigenvalue weighted by Gasteiger charge is 2.29. The number of amidine groups is 1. The molecule has 2 amide bonds. The summed E-state index contributed by atoms with van der Waals surface area (Å²) < 4.78 is 10.2. The normalized spacial score (nSPS) is 15.3. The molecule has 1 aliphatic rings. The number of rotatable bonds is 8. The molecule has 3 rings (SSSR count). The molecule has 2 N–H and O–H groups in total. The summed E-state index contributed by atoms with van der Waals surface area (Å²) in [6.45, 7) is 3.01. The van der Waals surface area contributed by atoms with Crippen LogP contribution in [-0.2, 0) is 20.9 Å². The molecule has 28 heavy (non-hydrogen) atoms. The summed E-state index contributed by atoms with van der Waals surface area (Å²) in [5.74, 6) is 0.758. The summed E-state index contributed by atoms with van der Waals surface area (Å²) in [7, 11) is 1.47. The van der Waals surface area contributed by atoms with Crippen molar-refractivity contribution in [2.24, 2.45) is 4.99 Å². The van der Waals surface area contributed by atoms with Gasteiger partial charge in [-0.05, 0) is 37.3 Å². The standard InChI is InChI=1S/C19H22N4O4S/c1-3-20-15-7-6-13(21-17(24)11-26-2)9-16(15)22-19-23(18(25)12-28-19)10-14-5-4-8-27-14/h4-9,20H,3,10-12H2,1-2H3,(H,21,24). The second-order valence-electron chi connectivity index (χ2n) is 5.99. The molecule has 1 aromatic carbocycles. The fourth-order valence-corrected chi connectivity index (χ4v) is 3.56. The molecule has 148 valence electrons. The molecule has 2 heterocycles. The van der Waals surface area contributed by atoms with Gasteiger partial charge in [-0.3, -0.25) is 14.5 Å². The van der Waals surface area contributed by atoms with Crippen LogP contribution in [0.5, 0.6) is 0 Å². The van der Waals surface area contributed by atoms with E-state index in [0.29, 0.717) is 34.6 Å². The molecule has 0 unspecified atom stereocenters. The van der Waals surface area contributed by atoms with Crippen LogP contribution in [0.3, 0.4) is 0 Å². The van der Waals surface area contributed by atoms with E-state index in [4.69, 9.17) is 14.1 Å². The molecular formula is C19H22N4O4S. The minimum absolute atomic E-state index is 0.0188. The average Bonchev–Trinajstić information content (AvgIpc) is 3.30. The molecule has 0 bridgehead atoms. The summed E-state index contributed by atoms with van der Waals surface area (Å²) in [5.41, 5.74) is 2.06. The first-order valence-electron chi connectivity index (χ1n) is 8.81. The highest BCUT2D eigenvalue weighted by Crippen LogP contribution is 2.32. The van der Waals surface area contributed by atoms with E-state index in [1.54, 1.807) is 29.4 Å². The van der Waals surface area contributed by atoms with Crippen molar-refractivity contribution in [3.8, 4) is 0 Å². The molecule has 0 aliphatic carbocycles. The summed E-state index contributed by atoms with van der Waals surface area (Å²) in [4.78, 5) is 30.4. The lowest BCUT2D eigenvalue weighted by molar-refractivity contribution is -0.124. The first-order chi connectivity index (χ1) is 13.6. The Bertz CT molecular complexity index is 867. The Morgan fingerprint density at radius 2 is 2.25 bits per heavy atom. The smallest absolute Gasteiger partial charge is 0.250 e. The number of aliphatic imine (C=N–C) groups is 1. The number of furan rings is 1. The van der Waals surface area contributed by atoms with Gasteiger partial charge in [0.1, 0.15) is 12.4 Å². The number of carbonyl (C=O) groups excluding carboxylic acids is 2. The Balaban J connectivity index is 1.88. The number of amides is 2. The van der Waals surface area contributed by atoms with Crippen molar-refractivity contribution in [1.82, 2.24) is 4.90 Å². The maximum Gasteiger partial charge on any atom is 0.250 e. The third-order valence-electron chi connectivity index (χ3n) is 3.89. The van der Waals surface area contributed by atoms with Gasteiger partial charge in [-0.25, -0.2) is 4.99 Å². The van der Waals surface area contributed by atoms with Crippen LogP contribution in [0.15, 0.2) is 46.0 Å². The molecule has 2 aromatic rings. The maximum atomic E-state index is 12.3. The lowest BCUT2D eigenvalue weighted by atomic mass is 10.2. The number of hydrogen-bond acceptors (Lipinski definition) is 7. The fraction of sp³-hybridized carbons (Fsp3) is 0.316. The van der Waals surface area contributed by atoms with E-state index in [-0.39, 0.29) is 18.4 Å². The molecule has 1 aliphatic heterocycles. The first kappa shape index (κ1) is 20.0. The molecule has 9 heteroatoms. The van der Waals surface area contributed by atoms with Crippen molar-refractivity contribution in [1.29, 1.82) is 0 Å². The van der Waals surface area contributed by atoms with Crippen molar-refractivity contribution in [2.75, 3.05) is 36.6 Å². The van der Waals surface area contributed by atoms with Gasteiger partial charge in [0.05, 0.1) is 29.9 Å². The minimum Gasteiger partial charge on any atom is -0.467 e. The van der Waals surface area contributed by atoms with E-state index in [0.717, 1.165) is 12.2 Å². The van der Waals surface area contributed by atoms with E-state index < -0.39 is 0 Å². The lowest BCUT2D eigenvalue weighted by Gasteiger charge is -2.16. The van der Waals surface area contributed by atoms with Crippen LogP contribution in [0.1, 0.15) is 12.7 Å². The fourth-order valence-electron chi connectivity index (χ4n) is 2.67. The number of benzene rings is 1. The van der Waals surface area contributed by atoms with Gasteiger partial charge < -0.3 is 19.8 Å². The highest BCUT2D eigenvalue weighted by molar-refractivity contribution is 8.15. The van der Waals surface area contributed by atoms with Crippen molar-refractivity contribution >= 4 is 45.8 Å². The Labute approximate surface area is 167 Å². The Hall–Kier alpha value is -2.78. The van der Waals surface area contributed by atoms with Gasteiger partial charge >= 0.3 is 0 Å². The second-order valence-corrected chi connectivity index (χ2v) is 6.93. The number of ether oxygens (including phenoxy) is 1. The van der Waals surface area contributed by atoms with E-state index in [9.17, 15) is 9.59 Å². The van der Waals surface area contributed by atoms with Crippen LogP contribution in [0, 0.1) is 0 Å². The molecular weight excluding hydrogens is 380 g/mol. The van der Waals surface area contributed by atoms with Gasteiger partial charge in [0.2, 0.25) is 11.8 Å². The van der Waals surface area contributed by atoms with Crippen LogP contribution >= 0.6 is 11.8 Å². The van der Waals surface area contributed by atoms with Crippen molar-refractivity contribution < 1.29 is 18.7 Å². The topological polar surface area (TPSA) is 96.2 Å². The van der Waals surface area contributed by atoms with Crippen LogP contribution < -0.4 is 10.6 Å². The van der Waals surface area contributed by atoms with Crippen LogP contribution in [0.4, 0.5) is 17.1 Å². The molecule has 1 saturated heterocycles. The minimum atomic E-state index is -0.248. The van der Waals surface area contributed by atoms with Gasteiger partial charge in [-0.2, -0.15) is 0 Å². The lowest BCUT2D eigenvalue weighted by Crippen LogP contribution is -2.28. The van der Waals surface area contributed by atoms with Crippen LogP contribution in [0.25, 0.3) is 0 Å². The van der Waals surface area contributed by atoms with Crippen LogP contribution in [0.2, 0.25) is 0 Å². The number of hydrogen-bond donors (Lipinski definition) is 2. The molecule has 1 aromatic heterocycles. The summed E-state index contributed by atoms with van der Waals surface area (Å²) >= 11 is 1.38. The van der Waals surface area contributed by atoms with Gasteiger partial charge in [-0.1, -0.05) is 11.8 Å². The Morgan fingerprint density at radius 1 is 1.39 bits per heavy atom. The molecule has 0 radical (unpaired) electrons. The number of methoxy groups -OCH3 is 1. The van der Waals surface area contributed by atoms with Gasteiger partial charge in [-0.15, -0.1) is 0 Å². The predicted octanol–water partition coefficient (Wildman–Crippen LogP) is 3.06.